The van der Waals surface area contributed by atoms with Gasteiger partial charge in [0, 0.05) is 31.3 Å². The largest absolute Gasteiger partial charge is 0.497 e. The van der Waals surface area contributed by atoms with Crippen LogP contribution in [-0.4, -0.2) is 43.1 Å². The average molecular weight is 369 g/mol. The summed E-state index contributed by atoms with van der Waals surface area (Å²) in [4.78, 5) is 25.6. The fraction of sp³-hybridized carbons (Fsp3) is 0.300. The van der Waals surface area contributed by atoms with Crippen LogP contribution >= 0.6 is 0 Å². The Morgan fingerprint density at radius 1 is 1.15 bits per heavy atom. The Balaban J connectivity index is 1.53. The maximum Gasteiger partial charge on any atom is 0.319 e. The van der Waals surface area contributed by atoms with Gasteiger partial charge in [-0.3, -0.25) is 4.79 Å². The Morgan fingerprint density at radius 3 is 2.56 bits per heavy atom. The van der Waals surface area contributed by atoms with Crippen LogP contribution in [0.15, 0.2) is 48.5 Å². The lowest BCUT2D eigenvalue weighted by Crippen LogP contribution is -2.39. The quantitative estimate of drug-likeness (QED) is 0.819. The number of anilines is 1. The molecule has 3 rings (SSSR count). The summed E-state index contributed by atoms with van der Waals surface area (Å²) in [5.41, 5.74) is 0.641. The molecule has 2 aromatic rings. The second-order valence-corrected chi connectivity index (χ2v) is 6.24. The molecule has 1 fully saturated rings. The number of hydrogen-bond donors (Lipinski definition) is 2. The van der Waals surface area contributed by atoms with Crippen molar-refractivity contribution in [2.75, 3.05) is 25.5 Å². The first kappa shape index (κ1) is 18.6. The highest BCUT2D eigenvalue weighted by molar-refractivity contribution is 5.90. The number of nitrogens with zero attached hydrogens (tertiary/aromatic N) is 1. The number of hydrogen-bond acceptors (Lipinski definition) is 4. The molecule has 27 heavy (non-hydrogen) atoms. The highest BCUT2D eigenvalue weighted by atomic mass is 16.5. The molecule has 1 heterocycles. The smallest absolute Gasteiger partial charge is 0.319 e. The first-order valence-electron chi connectivity index (χ1n) is 8.84. The molecule has 2 N–H and O–H groups in total. The van der Waals surface area contributed by atoms with Crippen molar-refractivity contribution in [2.45, 2.75) is 19.4 Å². The number of likely N-dealkylation sites (N-methyl/N-ethyl adjacent to an activating group) is 1. The monoisotopic (exact) mass is 369 g/mol. The maximum absolute atomic E-state index is 12.1. The van der Waals surface area contributed by atoms with Crippen LogP contribution in [0.2, 0.25) is 0 Å². The summed E-state index contributed by atoms with van der Waals surface area (Å²) in [6, 6.07) is 13.9. The molecule has 7 nitrogen and oxygen atoms in total. The van der Waals surface area contributed by atoms with E-state index in [-0.39, 0.29) is 18.0 Å². The number of benzene rings is 2. The molecule has 142 valence electrons. The summed E-state index contributed by atoms with van der Waals surface area (Å²) >= 11 is 0. The van der Waals surface area contributed by atoms with Crippen LogP contribution in [0.5, 0.6) is 17.2 Å². The van der Waals surface area contributed by atoms with Crippen LogP contribution < -0.4 is 20.1 Å². The number of nitrogens with one attached hydrogen (secondary N) is 2. The molecule has 3 amide bonds. The van der Waals surface area contributed by atoms with Crippen molar-refractivity contribution in [3.8, 4) is 17.2 Å². The van der Waals surface area contributed by atoms with Gasteiger partial charge in [-0.15, -0.1) is 0 Å². The van der Waals surface area contributed by atoms with Crippen molar-refractivity contribution in [1.82, 2.24) is 10.2 Å². The zero-order valence-corrected chi connectivity index (χ0v) is 15.4. The SMILES string of the molecule is CCN1C[C@@H](NC(=O)Nc2ccc(Oc3cccc(OC)c3)cc2)CC1=O. The lowest BCUT2D eigenvalue weighted by molar-refractivity contribution is -0.127. The van der Waals surface area contributed by atoms with Crippen molar-refractivity contribution in [3.05, 3.63) is 48.5 Å². The molecule has 0 unspecified atom stereocenters. The van der Waals surface area contributed by atoms with Gasteiger partial charge < -0.3 is 25.0 Å². The fourth-order valence-corrected chi connectivity index (χ4v) is 2.93. The number of carbonyl (C=O) groups is 2. The van der Waals surface area contributed by atoms with Crippen LogP contribution in [0.4, 0.5) is 10.5 Å². The molecule has 1 atom stereocenters. The van der Waals surface area contributed by atoms with Gasteiger partial charge in [0.1, 0.15) is 17.2 Å². The number of likely N-dealkylation sites (tertiary alicyclic amines) is 1. The van der Waals surface area contributed by atoms with Gasteiger partial charge in [-0.25, -0.2) is 4.79 Å². The highest BCUT2D eigenvalue weighted by Gasteiger charge is 2.29. The fourth-order valence-electron chi connectivity index (χ4n) is 2.93. The van der Waals surface area contributed by atoms with E-state index in [1.807, 2.05) is 25.1 Å². The average Bonchev–Trinajstić information content (AvgIpc) is 3.02. The number of methoxy groups -OCH3 is 1. The third kappa shape index (κ3) is 4.91. The van der Waals surface area contributed by atoms with Gasteiger partial charge in [0.15, 0.2) is 0 Å². The van der Waals surface area contributed by atoms with Gasteiger partial charge in [-0.05, 0) is 43.3 Å². The minimum absolute atomic E-state index is 0.0712. The van der Waals surface area contributed by atoms with Gasteiger partial charge in [-0.1, -0.05) is 6.07 Å². The highest BCUT2D eigenvalue weighted by Crippen LogP contribution is 2.26. The van der Waals surface area contributed by atoms with Crippen LogP contribution in [0, 0.1) is 0 Å². The van der Waals surface area contributed by atoms with E-state index >= 15 is 0 Å². The zero-order chi connectivity index (χ0) is 19.2. The number of urea groups is 1. The molecule has 0 saturated carbocycles. The molecule has 0 radical (unpaired) electrons. The summed E-state index contributed by atoms with van der Waals surface area (Å²) < 4.78 is 10.9. The standard InChI is InChI=1S/C20H23N3O4/c1-3-23-13-15(11-19(23)24)22-20(25)21-14-7-9-16(10-8-14)27-18-6-4-5-17(12-18)26-2/h4-10,12,15H,3,11,13H2,1-2H3,(H2,21,22,25)/t15-/m0/s1. The minimum atomic E-state index is -0.327. The zero-order valence-electron chi connectivity index (χ0n) is 15.4. The summed E-state index contributed by atoms with van der Waals surface area (Å²) in [6.45, 7) is 3.14. The predicted molar refractivity (Wildman–Crippen MR) is 102 cm³/mol. The summed E-state index contributed by atoms with van der Waals surface area (Å²) in [5.74, 6) is 2.10. The number of ether oxygens (including phenoxy) is 2. The topological polar surface area (TPSA) is 79.9 Å². The molecule has 2 aromatic carbocycles. The Morgan fingerprint density at radius 2 is 1.89 bits per heavy atom. The Hall–Kier alpha value is -3.22. The second kappa shape index (κ2) is 8.44. The van der Waals surface area contributed by atoms with Crippen molar-refractivity contribution >= 4 is 17.6 Å². The van der Waals surface area contributed by atoms with Crippen molar-refractivity contribution in [3.63, 3.8) is 0 Å². The van der Waals surface area contributed by atoms with Crippen molar-refractivity contribution in [1.29, 1.82) is 0 Å². The Labute approximate surface area is 158 Å². The van der Waals surface area contributed by atoms with Crippen LogP contribution in [0.1, 0.15) is 13.3 Å². The van der Waals surface area contributed by atoms with E-state index in [0.29, 0.717) is 36.7 Å². The van der Waals surface area contributed by atoms with E-state index in [4.69, 9.17) is 9.47 Å². The van der Waals surface area contributed by atoms with Gasteiger partial charge in [0.25, 0.3) is 0 Å². The molecule has 1 aliphatic heterocycles. The molecule has 0 aliphatic carbocycles. The first-order chi connectivity index (χ1) is 13.1. The summed E-state index contributed by atoms with van der Waals surface area (Å²) in [6.07, 6.45) is 0.342. The number of rotatable bonds is 6. The first-order valence-corrected chi connectivity index (χ1v) is 8.84. The minimum Gasteiger partial charge on any atom is -0.497 e. The molecule has 1 aliphatic rings. The van der Waals surface area contributed by atoms with E-state index in [1.165, 1.54) is 0 Å². The van der Waals surface area contributed by atoms with Crippen LogP contribution in [-0.2, 0) is 4.79 Å². The number of amides is 3. The molecule has 0 spiro atoms. The molecule has 7 heteroatoms. The Kier molecular flexibility index (Phi) is 5.80. The lowest BCUT2D eigenvalue weighted by Gasteiger charge is -2.15. The van der Waals surface area contributed by atoms with Gasteiger partial charge in [0.2, 0.25) is 5.91 Å². The molecule has 0 aromatic heterocycles. The van der Waals surface area contributed by atoms with E-state index in [0.717, 1.165) is 5.75 Å². The molecule has 1 saturated heterocycles. The predicted octanol–water partition coefficient (Wildman–Crippen LogP) is 3.23. The van der Waals surface area contributed by atoms with E-state index in [1.54, 1.807) is 42.3 Å². The lowest BCUT2D eigenvalue weighted by atomic mass is 10.2. The second-order valence-electron chi connectivity index (χ2n) is 6.24. The van der Waals surface area contributed by atoms with E-state index in [2.05, 4.69) is 10.6 Å². The molecular formula is C20H23N3O4. The molecular weight excluding hydrogens is 346 g/mol. The van der Waals surface area contributed by atoms with Crippen LogP contribution in [0.3, 0.4) is 0 Å². The Bertz CT molecular complexity index is 807. The van der Waals surface area contributed by atoms with Gasteiger partial charge in [-0.2, -0.15) is 0 Å². The third-order valence-corrected chi connectivity index (χ3v) is 4.32. The normalized spacial score (nSPS) is 16.1. The number of carbonyl (C=O) groups excluding carboxylic acids is 2. The summed E-state index contributed by atoms with van der Waals surface area (Å²) in [5, 5.41) is 5.60. The maximum atomic E-state index is 12.1. The van der Waals surface area contributed by atoms with Gasteiger partial charge >= 0.3 is 6.03 Å². The third-order valence-electron chi connectivity index (χ3n) is 4.32. The molecule has 0 bridgehead atoms. The van der Waals surface area contributed by atoms with E-state index in [9.17, 15) is 9.59 Å². The van der Waals surface area contributed by atoms with Crippen molar-refractivity contribution < 1.29 is 19.1 Å². The van der Waals surface area contributed by atoms with Gasteiger partial charge in [0.05, 0.1) is 13.2 Å². The van der Waals surface area contributed by atoms with E-state index < -0.39 is 0 Å². The summed E-state index contributed by atoms with van der Waals surface area (Å²) in [7, 11) is 1.60. The van der Waals surface area contributed by atoms with Crippen LogP contribution in [0.25, 0.3) is 0 Å². The van der Waals surface area contributed by atoms with Crippen molar-refractivity contribution in [2.24, 2.45) is 0 Å².